The van der Waals surface area contributed by atoms with Gasteiger partial charge in [-0.2, -0.15) is 4.31 Å². The molecule has 1 unspecified atom stereocenters. The van der Waals surface area contributed by atoms with Crippen LogP contribution in [0.1, 0.15) is 13.8 Å². The quantitative estimate of drug-likeness (QED) is 0.802. The highest BCUT2D eigenvalue weighted by Gasteiger charge is 2.21. The lowest BCUT2D eigenvalue weighted by atomic mass is 10.3. The van der Waals surface area contributed by atoms with E-state index in [1.165, 1.54) is 10.6 Å². The van der Waals surface area contributed by atoms with Crippen LogP contribution in [0.15, 0.2) is 28.7 Å². The molecule has 0 heterocycles. The van der Waals surface area contributed by atoms with Crippen molar-refractivity contribution in [1.29, 1.82) is 0 Å². The molecular formula is C12H18BrNO3S. The van der Waals surface area contributed by atoms with E-state index in [0.29, 0.717) is 18.9 Å². The monoisotopic (exact) mass is 335 g/mol. The van der Waals surface area contributed by atoms with E-state index in [1.54, 1.807) is 0 Å². The molecule has 18 heavy (non-hydrogen) atoms. The van der Waals surface area contributed by atoms with Crippen molar-refractivity contribution in [3.63, 3.8) is 0 Å². The van der Waals surface area contributed by atoms with Crippen molar-refractivity contribution in [3.05, 3.63) is 28.7 Å². The molecule has 1 rings (SSSR count). The van der Waals surface area contributed by atoms with Crippen molar-refractivity contribution >= 4 is 26.0 Å². The fourth-order valence-electron chi connectivity index (χ4n) is 1.73. The van der Waals surface area contributed by atoms with Crippen molar-refractivity contribution < 1.29 is 13.2 Å². The molecule has 0 saturated carbocycles. The molecule has 4 nitrogen and oxygen atoms in total. The molecule has 1 atom stereocenters. The van der Waals surface area contributed by atoms with Gasteiger partial charge >= 0.3 is 0 Å². The number of sulfonamides is 1. The van der Waals surface area contributed by atoms with Crippen molar-refractivity contribution in [1.82, 2.24) is 4.31 Å². The van der Waals surface area contributed by atoms with Crippen LogP contribution in [0.3, 0.4) is 0 Å². The number of rotatable bonds is 6. The van der Waals surface area contributed by atoms with Crippen LogP contribution in [0.4, 0.5) is 0 Å². The average molecular weight is 336 g/mol. The van der Waals surface area contributed by atoms with E-state index in [0.717, 1.165) is 4.47 Å². The van der Waals surface area contributed by atoms with Gasteiger partial charge in [0.2, 0.25) is 10.0 Å². The molecule has 0 aliphatic carbocycles. The second-order valence-corrected chi connectivity index (χ2v) is 6.85. The van der Waals surface area contributed by atoms with Crippen LogP contribution in [0.5, 0.6) is 5.75 Å². The lowest BCUT2D eigenvalue weighted by molar-refractivity contribution is 0.219. The number of ether oxygens (including phenoxy) is 1. The molecule has 0 saturated heterocycles. The Balaban J connectivity index is 2.66. The molecule has 0 aliphatic heterocycles. The maximum Gasteiger partial charge on any atom is 0.211 e. The van der Waals surface area contributed by atoms with Crippen LogP contribution in [0.25, 0.3) is 0 Å². The molecule has 0 aliphatic rings. The first-order valence-corrected chi connectivity index (χ1v) is 8.34. The third-order valence-corrected chi connectivity index (χ3v) is 4.67. The Bertz CT molecular complexity index is 490. The van der Waals surface area contributed by atoms with Gasteiger partial charge in [0.1, 0.15) is 12.4 Å². The van der Waals surface area contributed by atoms with Gasteiger partial charge < -0.3 is 4.74 Å². The van der Waals surface area contributed by atoms with Gasteiger partial charge in [-0.1, -0.05) is 19.1 Å². The SMILES string of the molecule is CCN(C(C)COc1ccccc1Br)S(C)(=O)=O. The summed E-state index contributed by atoms with van der Waals surface area (Å²) in [4.78, 5) is 0. The topological polar surface area (TPSA) is 46.6 Å². The van der Waals surface area contributed by atoms with Gasteiger partial charge in [0.25, 0.3) is 0 Å². The van der Waals surface area contributed by atoms with Gasteiger partial charge in [0.15, 0.2) is 0 Å². The van der Waals surface area contributed by atoms with E-state index < -0.39 is 10.0 Å². The van der Waals surface area contributed by atoms with Gasteiger partial charge in [0.05, 0.1) is 16.8 Å². The van der Waals surface area contributed by atoms with E-state index in [4.69, 9.17) is 4.74 Å². The van der Waals surface area contributed by atoms with E-state index >= 15 is 0 Å². The normalized spacial score (nSPS) is 13.6. The molecule has 6 heteroatoms. The van der Waals surface area contributed by atoms with E-state index in [9.17, 15) is 8.42 Å². The van der Waals surface area contributed by atoms with Crippen molar-refractivity contribution in [2.24, 2.45) is 0 Å². The molecule has 0 spiro atoms. The molecule has 1 aromatic rings. The Labute approximate surface area is 117 Å². The molecule has 0 amide bonds. The Morgan fingerprint density at radius 3 is 2.50 bits per heavy atom. The minimum absolute atomic E-state index is 0.197. The number of halogens is 1. The molecule has 0 aromatic heterocycles. The first-order valence-electron chi connectivity index (χ1n) is 5.70. The Morgan fingerprint density at radius 2 is 2.00 bits per heavy atom. The maximum absolute atomic E-state index is 11.5. The minimum Gasteiger partial charge on any atom is -0.491 e. The highest BCUT2D eigenvalue weighted by Crippen LogP contribution is 2.24. The fourth-order valence-corrected chi connectivity index (χ4v) is 3.31. The second kappa shape index (κ2) is 6.54. The number of para-hydroxylation sites is 1. The number of benzene rings is 1. The van der Waals surface area contributed by atoms with Crippen molar-refractivity contribution in [2.75, 3.05) is 19.4 Å². The summed E-state index contributed by atoms with van der Waals surface area (Å²) in [6.45, 7) is 4.42. The van der Waals surface area contributed by atoms with E-state index in [2.05, 4.69) is 15.9 Å². The van der Waals surface area contributed by atoms with Crippen LogP contribution in [0, 0.1) is 0 Å². The second-order valence-electron chi connectivity index (χ2n) is 4.06. The molecule has 1 aromatic carbocycles. The summed E-state index contributed by atoms with van der Waals surface area (Å²) < 4.78 is 31.0. The summed E-state index contributed by atoms with van der Waals surface area (Å²) >= 11 is 3.38. The van der Waals surface area contributed by atoms with Crippen molar-refractivity contribution in [2.45, 2.75) is 19.9 Å². The third-order valence-electron chi connectivity index (χ3n) is 2.55. The van der Waals surface area contributed by atoms with Gasteiger partial charge in [-0.15, -0.1) is 0 Å². The number of hydrogen-bond acceptors (Lipinski definition) is 3. The fraction of sp³-hybridized carbons (Fsp3) is 0.500. The maximum atomic E-state index is 11.5. The summed E-state index contributed by atoms with van der Waals surface area (Å²) in [7, 11) is -3.19. The lowest BCUT2D eigenvalue weighted by Gasteiger charge is -2.25. The van der Waals surface area contributed by atoms with Crippen LogP contribution >= 0.6 is 15.9 Å². The first kappa shape index (κ1) is 15.5. The molecular weight excluding hydrogens is 318 g/mol. The van der Waals surface area contributed by atoms with Crippen LogP contribution in [0.2, 0.25) is 0 Å². The smallest absolute Gasteiger partial charge is 0.211 e. The summed E-state index contributed by atoms with van der Waals surface area (Å²) in [6, 6.07) is 7.30. The Morgan fingerprint density at radius 1 is 1.39 bits per heavy atom. The zero-order valence-electron chi connectivity index (χ0n) is 10.8. The highest BCUT2D eigenvalue weighted by atomic mass is 79.9. The van der Waals surface area contributed by atoms with Gasteiger partial charge in [-0.05, 0) is 35.0 Å². The van der Waals surface area contributed by atoms with Crippen LogP contribution in [-0.2, 0) is 10.0 Å². The Kier molecular flexibility index (Phi) is 5.62. The molecule has 0 bridgehead atoms. The summed E-state index contributed by atoms with van der Waals surface area (Å²) in [5.41, 5.74) is 0. The Hall–Kier alpha value is -0.590. The van der Waals surface area contributed by atoms with Gasteiger partial charge in [0, 0.05) is 6.54 Å². The minimum atomic E-state index is -3.19. The van der Waals surface area contributed by atoms with Crippen LogP contribution < -0.4 is 4.74 Å². The molecule has 0 N–H and O–H groups in total. The van der Waals surface area contributed by atoms with E-state index in [1.807, 2.05) is 38.1 Å². The largest absolute Gasteiger partial charge is 0.491 e. The highest BCUT2D eigenvalue weighted by molar-refractivity contribution is 9.10. The van der Waals surface area contributed by atoms with Crippen molar-refractivity contribution in [3.8, 4) is 5.75 Å². The summed E-state index contributed by atoms with van der Waals surface area (Å²) in [5, 5.41) is 0. The molecule has 102 valence electrons. The predicted molar refractivity (Wildman–Crippen MR) is 76.3 cm³/mol. The average Bonchev–Trinajstić information content (AvgIpc) is 2.27. The summed E-state index contributed by atoms with van der Waals surface area (Å²) in [5.74, 6) is 0.717. The van der Waals surface area contributed by atoms with Crippen LogP contribution in [-0.4, -0.2) is 38.2 Å². The molecule has 0 radical (unpaired) electrons. The first-order chi connectivity index (χ1) is 8.36. The lowest BCUT2D eigenvalue weighted by Crippen LogP contribution is -2.41. The summed E-state index contributed by atoms with van der Waals surface area (Å²) in [6.07, 6.45) is 1.21. The molecule has 0 fully saturated rings. The third kappa shape index (κ3) is 4.26. The standard InChI is InChI=1S/C12H18BrNO3S/c1-4-14(18(3,15)16)10(2)9-17-12-8-6-5-7-11(12)13/h5-8,10H,4,9H2,1-3H3. The van der Waals surface area contributed by atoms with Gasteiger partial charge in [-0.3, -0.25) is 0 Å². The van der Waals surface area contributed by atoms with E-state index in [-0.39, 0.29) is 6.04 Å². The van der Waals surface area contributed by atoms with Gasteiger partial charge in [-0.25, -0.2) is 8.42 Å². The number of hydrogen-bond donors (Lipinski definition) is 0. The number of nitrogens with zero attached hydrogens (tertiary/aromatic N) is 1. The number of likely N-dealkylation sites (N-methyl/N-ethyl adjacent to an activating group) is 1. The zero-order valence-corrected chi connectivity index (χ0v) is 13.2. The predicted octanol–water partition coefficient (Wildman–Crippen LogP) is 2.50. The zero-order chi connectivity index (χ0) is 13.8.